The number of amides is 2. The van der Waals surface area contributed by atoms with Gasteiger partial charge in [-0.15, -0.1) is 0 Å². The monoisotopic (exact) mass is 371 g/mol. The molecule has 2 fully saturated rings. The second kappa shape index (κ2) is 7.49. The van der Waals surface area contributed by atoms with Crippen LogP contribution in [0.2, 0.25) is 0 Å². The van der Waals surface area contributed by atoms with E-state index in [0.717, 1.165) is 5.69 Å². The van der Waals surface area contributed by atoms with Gasteiger partial charge < -0.3 is 9.64 Å². The first kappa shape index (κ1) is 17.7. The van der Waals surface area contributed by atoms with E-state index in [0.29, 0.717) is 18.7 Å². The molecule has 142 valence electrons. The Hall–Kier alpha value is -2.72. The normalized spacial score (nSPS) is 27.4. The van der Waals surface area contributed by atoms with Gasteiger partial charge in [0, 0.05) is 18.7 Å². The summed E-state index contributed by atoms with van der Waals surface area (Å²) in [4.78, 5) is 25.9. The number of para-hydroxylation sites is 1. The van der Waals surface area contributed by atoms with Crippen LogP contribution in [-0.2, 0) is 14.3 Å². The van der Waals surface area contributed by atoms with Crippen molar-refractivity contribution in [3.63, 3.8) is 0 Å². The van der Waals surface area contributed by atoms with Crippen LogP contribution in [-0.4, -0.2) is 59.8 Å². The topological polar surface area (TPSA) is 106 Å². The van der Waals surface area contributed by atoms with E-state index in [4.69, 9.17) is 9.94 Å². The average molecular weight is 371 g/mol. The molecule has 0 radical (unpaired) electrons. The SMILES string of the molecule is O=C(NO)C1=CC2C(C=C1)OCC(=O)N2CC1CNN(c2ccccc2)N1. The number of hydrazine groups is 2. The molecule has 1 aromatic rings. The molecule has 4 rings (SSSR count). The number of fused-ring (bicyclic) bond motifs is 1. The van der Waals surface area contributed by atoms with Gasteiger partial charge in [-0.1, -0.05) is 30.4 Å². The molecule has 4 N–H and O–H groups in total. The molecule has 9 heteroatoms. The number of carbonyl (C=O) groups is 2. The molecule has 3 aliphatic rings. The van der Waals surface area contributed by atoms with Crippen molar-refractivity contribution in [2.75, 3.05) is 24.8 Å². The van der Waals surface area contributed by atoms with Gasteiger partial charge in [-0.2, -0.15) is 0 Å². The lowest BCUT2D eigenvalue weighted by Crippen LogP contribution is -2.57. The molecule has 2 aliphatic heterocycles. The van der Waals surface area contributed by atoms with Crippen LogP contribution in [0.25, 0.3) is 0 Å². The largest absolute Gasteiger partial charge is 0.362 e. The summed E-state index contributed by atoms with van der Waals surface area (Å²) in [5.74, 6) is -0.745. The van der Waals surface area contributed by atoms with Crippen LogP contribution in [0.15, 0.2) is 54.1 Å². The predicted octanol–water partition coefficient (Wildman–Crippen LogP) is -0.518. The highest BCUT2D eigenvalue weighted by Gasteiger charge is 2.38. The number of hydrogen-bond donors (Lipinski definition) is 4. The molecule has 2 amide bonds. The number of ether oxygens (including phenoxy) is 1. The lowest BCUT2D eigenvalue weighted by atomic mass is 9.96. The van der Waals surface area contributed by atoms with Crippen molar-refractivity contribution >= 4 is 17.5 Å². The van der Waals surface area contributed by atoms with Crippen LogP contribution < -0.4 is 21.4 Å². The molecular weight excluding hydrogens is 350 g/mol. The lowest BCUT2D eigenvalue weighted by molar-refractivity contribution is -0.151. The van der Waals surface area contributed by atoms with Gasteiger partial charge in [0.05, 0.1) is 17.8 Å². The van der Waals surface area contributed by atoms with Crippen LogP contribution in [0.5, 0.6) is 0 Å². The first-order valence-corrected chi connectivity index (χ1v) is 8.76. The molecule has 27 heavy (non-hydrogen) atoms. The number of benzene rings is 1. The van der Waals surface area contributed by atoms with Crippen molar-refractivity contribution in [1.82, 2.24) is 21.2 Å². The third kappa shape index (κ3) is 3.58. The second-order valence-electron chi connectivity index (χ2n) is 6.59. The number of anilines is 1. The Morgan fingerprint density at radius 1 is 1.33 bits per heavy atom. The third-order valence-electron chi connectivity index (χ3n) is 4.83. The van der Waals surface area contributed by atoms with Crippen molar-refractivity contribution < 1.29 is 19.5 Å². The Balaban J connectivity index is 1.47. The van der Waals surface area contributed by atoms with Crippen LogP contribution in [0.1, 0.15) is 0 Å². The van der Waals surface area contributed by atoms with E-state index < -0.39 is 11.9 Å². The highest BCUT2D eigenvalue weighted by Crippen LogP contribution is 2.24. The fourth-order valence-corrected chi connectivity index (χ4v) is 3.49. The van der Waals surface area contributed by atoms with E-state index in [1.807, 2.05) is 35.4 Å². The molecule has 0 spiro atoms. The molecule has 0 saturated carbocycles. The summed E-state index contributed by atoms with van der Waals surface area (Å²) < 4.78 is 5.58. The summed E-state index contributed by atoms with van der Waals surface area (Å²) in [6, 6.07) is 9.43. The number of rotatable bonds is 4. The van der Waals surface area contributed by atoms with Crippen molar-refractivity contribution in [2.45, 2.75) is 18.2 Å². The summed E-state index contributed by atoms with van der Waals surface area (Å²) in [6.07, 6.45) is 4.68. The molecule has 3 unspecified atom stereocenters. The fourth-order valence-electron chi connectivity index (χ4n) is 3.49. The van der Waals surface area contributed by atoms with E-state index in [-0.39, 0.29) is 24.7 Å². The predicted molar refractivity (Wildman–Crippen MR) is 96.2 cm³/mol. The Labute approximate surface area is 156 Å². The molecule has 0 aromatic heterocycles. The summed E-state index contributed by atoms with van der Waals surface area (Å²) >= 11 is 0. The third-order valence-corrected chi connectivity index (χ3v) is 4.83. The quantitative estimate of drug-likeness (QED) is 0.417. The molecule has 1 aromatic carbocycles. The lowest BCUT2D eigenvalue weighted by Gasteiger charge is -2.41. The highest BCUT2D eigenvalue weighted by molar-refractivity contribution is 5.96. The standard InChI is InChI=1S/C18H21N5O4/c24-17-11-27-16-7-6-12(18(25)21-26)8-15(16)22(17)10-13-9-19-23(20-13)14-4-2-1-3-5-14/h1-8,13,15-16,19-20,26H,9-11H2,(H,21,25). The van der Waals surface area contributed by atoms with Gasteiger partial charge in [0.2, 0.25) is 5.91 Å². The summed E-state index contributed by atoms with van der Waals surface area (Å²) in [6.45, 7) is 1.11. The molecule has 1 aliphatic carbocycles. The molecule has 2 saturated heterocycles. The molecule has 2 heterocycles. The summed E-state index contributed by atoms with van der Waals surface area (Å²) in [5, 5.41) is 10.7. The first-order valence-electron chi connectivity index (χ1n) is 8.76. The van der Waals surface area contributed by atoms with Gasteiger partial charge >= 0.3 is 0 Å². The second-order valence-corrected chi connectivity index (χ2v) is 6.59. The van der Waals surface area contributed by atoms with Crippen LogP contribution in [0.3, 0.4) is 0 Å². The maximum Gasteiger partial charge on any atom is 0.274 e. The van der Waals surface area contributed by atoms with Crippen molar-refractivity contribution in [2.24, 2.45) is 0 Å². The van der Waals surface area contributed by atoms with Crippen LogP contribution >= 0.6 is 0 Å². The van der Waals surface area contributed by atoms with Crippen molar-refractivity contribution in [1.29, 1.82) is 0 Å². The Bertz CT molecular complexity index is 781. The van der Waals surface area contributed by atoms with E-state index >= 15 is 0 Å². The zero-order chi connectivity index (χ0) is 18.8. The summed E-state index contributed by atoms with van der Waals surface area (Å²) in [7, 11) is 0. The number of nitrogens with zero attached hydrogens (tertiary/aromatic N) is 2. The maximum absolute atomic E-state index is 12.5. The number of morpholine rings is 1. The molecule has 0 bridgehead atoms. The smallest absolute Gasteiger partial charge is 0.274 e. The van der Waals surface area contributed by atoms with Gasteiger partial charge in [0.15, 0.2) is 0 Å². The van der Waals surface area contributed by atoms with Gasteiger partial charge in [0.25, 0.3) is 5.91 Å². The van der Waals surface area contributed by atoms with Gasteiger partial charge in [-0.3, -0.25) is 14.8 Å². The Morgan fingerprint density at radius 3 is 2.93 bits per heavy atom. The molecular formula is C18H21N5O4. The number of hydroxylamine groups is 1. The van der Waals surface area contributed by atoms with Gasteiger partial charge in [-0.25, -0.2) is 21.4 Å². The minimum Gasteiger partial charge on any atom is -0.362 e. The zero-order valence-electron chi connectivity index (χ0n) is 14.5. The highest BCUT2D eigenvalue weighted by atomic mass is 16.5. The minimum atomic E-state index is -0.612. The Kier molecular flexibility index (Phi) is 4.90. The van der Waals surface area contributed by atoms with Crippen molar-refractivity contribution in [3.05, 3.63) is 54.1 Å². The van der Waals surface area contributed by atoms with Crippen LogP contribution in [0, 0.1) is 0 Å². The summed E-state index contributed by atoms with van der Waals surface area (Å²) in [5.41, 5.74) is 9.51. The van der Waals surface area contributed by atoms with E-state index in [1.165, 1.54) is 0 Å². The fraction of sp³-hybridized carbons (Fsp3) is 0.333. The van der Waals surface area contributed by atoms with E-state index in [2.05, 4.69) is 10.9 Å². The van der Waals surface area contributed by atoms with Gasteiger partial charge in [-0.05, 0) is 18.2 Å². The number of nitrogens with one attached hydrogen (secondary N) is 3. The minimum absolute atomic E-state index is 0.00216. The zero-order valence-corrected chi connectivity index (χ0v) is 14.5. The van der Waals surface area contributed by atoms with Crippen molar-refractivity contribution in [3.8, 4) is 0 Å². The van der Waals surface area contributed by atoms with E-state index in [1.54, 1.807) is 28.6 Å². The maximum atomic E-state index is 12.5. The van der Waals surface area contributed by atoms with Gasteiger partial charge in [0.1, 0.15) is 12.7 Å². The molecule has 3 atom stereocenters. The average Bonchev–Trinajstić information content (AvgIpc) is 3.18. The first-order chi connectivity index (χ1) is 13.2. The van der Waals surface area contributed by atoms with E-state index in [9.17, 15) is 9.59 Å². The molecule has 9 nitrogen and oxygen atoms in total. The number of carbonyl (C=O) groups excluding carboxylic acids is 2. The Morgan fingerprint density at radius 2 is 2.15 bits per heavy atom. The van der Waals surface area contributed by atoms with Crippen LogP contribution in [0.4, 0.5) is 5.69 Å². The number of hydrogen-bond acceptors (Lipinski definition) is 7.